The zero-order valence-corrected chi connectivity index (χ0v) is 11.5. The maximum Gasteiger partial charge on any atom is 0.126 e. The molecular formula is C14H22F2N2. The molecule has 2 nitrogen and oxygen atoms in total. The van der Waals surface area contributed by atoms with E-state index in [4.69, 9.17) is 5.73 Å². The van der Waals surface area contributed by atoms with E-state index in [0.717, 1.165) is 12.5 Å². The van der Waals surface area contributed by atoms with Crippen LogP contribution in [0.15, 0.2) is 18.2 Å². The van der Waals surface area contributed by atoms with E-state index in [1.807, 2.05) is 7.05 Å². The van der Waals surface area contributed by atoms with Gasteiger partial charge in [0.15, 0.2) is 0 Å². The number of rotatable bonds is 5. The topological polar surface area (TPSA) is 29.3 Å². The molecule has 0 amide bonds. The molecule has 0 heterocycles. The van der Waals surface area contributed by atoms with Crippen LogP contribution < -0.4 is 5.73 Å². The van der Waals surface area contributed by atoms with Gasteiger partial charge in [-0.2, -0.15) is 0 Å². The monoisotopic (exact) mass is 256 g/mol. The molecule has 1 unspecified atom stereocenters. The summed E-state index contributed by atoms with van der Waals surface area (Å²) in [6.45, 7) is 6.58. The summed E-state index contributed by atoms with van der Waals surface area (Å²) >= 11 is 0. The minimum Gasteiger partial charge on any atom is -0.329 e. The maximum absolute atomic E-state index is 13.3. The van der Waals surface area contributed by atoms with Crippen LogP contribution in [0.4, 0.5) is 8.78 Å². The first-order valence-corrected chi connectivity index (χ1v) is 6.20. The third kappa shape index (κ3) is 3.27. The van der Waals surface area contributed by atoms with Gasteiger partial charge in [0.05, 0.1) is 0 Å². The summed E-state index contributed by atoms with van der Waals surface area (Å²) in [6.07, 6.45) is 0.928. The Morgan fingerprint density at radius 2 is 1.72 bits per heavy atom. The molecule has 0 fully saturated rings. The highest BCUT2D eigenvalue weighted by Gasteiger charge is 2.28. The van der Waals surface area contributed by atoms with E-state index in [-0.39, 0.29) is 11.6 Å². The molecule has 18 heavy (non-hydrogen) atoms. The van der Waals surface area contributed by atoms with Crippen LogP contribution >= 0.6 is 0 Å². The molecule has 0 bridgehead atoms. The SMILES string of the molecule is CCC(C)(C)N(C)C(CN)c1cc(F)cc(F)c1. The molecule has 2 N–H and O–H groups in total. The van der Waals surface area contributed by atoms with E-state index in [1.165, 1.54) is 12.1 Å². The zero-order valence-electron chi connectivity index (χ0n) is 11.5. The molecule has 1 aromatic carbocycles. The Hall–Kier alpha value is -1.00. The molecule has 0 aliphatic carbocycles. The summed E-state index contributed by atoms with van der Waals surface area (Å²) in [4.78, 5) is 2.07. The van der Waals surface area contributed by atoms with Gasteiger partial charge in [0.2, 0.25) is 0 Å². The van der Waals surface area contributed by atoms with Gasteiger partial charge in [-0.15, -0.1) is 0 Å². The number of hydrogen-bond donors (Lipinski definition) is 1. The summed E-state index contributed by atoms with van der Waals surface area (Å²) in [7, 11) is 1.93. The summed E-state index contributed by atoms with van der Waals surface area (Å²) < 4.78 is 26.5. The molecule has 1 aromatic rings. The van der Waals surface area contributed by atoms with Crippen molar-refractivity contribution in [1.29, 1.82) is 0 Å². The Kier molecular flexibility index (Phi) is 4.82. The highest BCUT2D eigenvalue weighted by atomic mass is 19.1. The van der Waals surface area contributed by atoms with Crippen LogP contribution in [0.25, 0.3) is 0 Å². The van der Waals surface area contributed by atoms with E-state index in [1.54, 1.807) is 0 Å². The summed E-state index contributed by atoms with van der Waals surface area (Å²) in [6, 6.07) is 3.39. The molecule has 0 radical (unpaired) electrons. The van der Waals surface area contributed by atoms with E-state index >= 15 is 0 Å². The Morgan fingerprint density at radius 1 is 1.22 bits per heavy atom. The molecule has 102 valence electrons. The quantitative estimate of drug-likeness (QED) is 0.877. The molecule has 0 aliphatic rings. The van der Waals surface area contributed by atoms with Crippen LogP contribution in [-0.2, 0) is 0 Å². The number of nitrogens with two attached hydrogens (primary N) is 1. The second kappa shape index (κ2) is 5.76. The van der Waals surface area contributed by atoms with Crippen LogP contribution in [0.3, 0.4) is 0 Å². The average Bonchev–Trinajstić information content (AvgIpc) is 2.28. The van der Waals surface area contributed by atoms with Crippen molar-refractivity contribution in [2.75, 3.05) is 13.6 Å². The van der Waals surface area contributed by atoms with Crippen LogP contribution in [0.5, 0.6) is 0 Å². The molecule has 1 rings (SSSR count). The molecule has 1 atom stereocenters. The van der Waals surface area contributed by atoms with Gasteiger partial charge in [-0.05, 0) is 45.0 Å². The lowest BCUT2D eigenvalue weighted by atomic mass is 9.95. The average molecular weight is 256 g/mol. The van der Waals surface area contributed by atoms with Crippen molar-refractivity contribution in [1.82, 2.24) is 4.90 Å². The van der Waals surface area contributed by atoms with E-state index < -0.39 is 11.6 Å². The number of benzene rings is 1. The van der Waals surface area contributed by atoms with Crippen LogP contribution in [0.1, 0.15) is 38.8 Å². The lowest BCUT2D eigenvalue weighted by Gasteiger charge is -2.40. The summed E-state index contributed by atoms with van der Waals surface area (Å²) in [5.74, 6) is -1.13. The van der Waals surface area contributed by atoms with Crippen molar-refractivity contribution in [3.8, 4) is 0 Å². The normalized spacial score (nSPS) is 14.0. The van der Waals surface area contributed by atoms with Gasteiger partial charge >= 0.3 is 0 Å². The number of halogens is 2. The van der Waals surface area contributed by atoms with Gasteiger partial charge in [0.1, 0.15) is 11.6 Å². The maximum atomic E-state index is 13.3. The number of likely N-dealkylation sites (N-methyl/N-ethyl adjacent to an activating group) is 1. The minimum atomic E-state index is -0.564. The molecular weight excluding hydrogens is 234 g/mol. The molecule has 0 saturated carbocycles. The first-order chi connectivity index (χ1) is 8.31. The Balaban J connectivity index is 3.09. The van der Waals surface area contributed by atoms with Crippen molar-refractivity contribution in [3.05, 3.63) is 35.4 Å². The number of hydrogen-bond acceptors (Lipinski definition) is 2. The highest BCUT2D eigenvalue weighted by Crippen LogP contribution is 2.28. The molecule has 4 heteroatoms. The lowest BCUT2D eigenvalue weighted by molar-refractivity contribution is 0.100. The lowest BCUT2D eigenvalue weighted by Crippen LogP contribution is -2.45. The fourth-order valence-electron chi connectivity index (χ4n) is 1.96. The molecule has 0 aromatic heterocycles. The second-order valence-corrected chi connectivity index (χ2v) is 5.23. The molecule has 0 spiro atoms. The Bertz CT molecular complexity index is 385. The van der Waals surface area contributed by atoms with Crippen molar-refractivity contribution in [2.45, 2.75) is 38.8 Å². The van der Waals surface area contributed by atoms with E-state index in [0.29, 0.717) is 12.1 Å². The second-order valence-electron chi connectivity index (χ2n) is 5.23. The Labute approximate surface area is 108 Å². The van der Waals surface area contributed by atoms with Gasteiger partial charge in [-0.3, -0.25) is 4.90 Å². The fourth-order valence-corrected chi connectivity index (χ4v) is 1.96. The first-order valence-electron chi connectivity index (χ1n) is 6.20. The highest BCUT2D eigenvalue weighted by molar-refractivity contribution is 5.22. The van der Waals surface area contributed by atoms with Crippen LogP contribution in [-0.4, -0.2) is 24.0 Å². The van der Waals surface area contributed by atoms with Crippen molar-refractivity contribution in [2.24, 2.45) is 5.73 Å². The van der Waals surface area contributed by atoms with Crippen molar-refractivity contribution in [3.63, 3.8) is 0 Å². The minimum absolute atomic E-state index is 0.0766. The van der Waals surface area contributed by atoms with Crippen molar-refractivity contribution >= 4 is 0 Å². The molecule has 0 saturated heterocycles. The number of nitrogens with zero attached hydrogens (tertiary/aromatic N) is 1. The fraction of sp³-hybridized carbons (Fsp3) is 0.571. The van der Waals surface area contributed by atoms with Crippen LogP contribution in [0, 0.1) is 11.6 Å². The van der Waals surface area contributed by atoms with Crippen LogP contribution in [0.2, 0.25) is 0 Å². The van der Waals surface area contributed by atoms with Gasteiger partial charge < -0.3 is 5.73 Å². The first kappa shape index (κ1) is 15.1. The Morgan fingerprint density at radius 3 is 2.11 bits per heavy atom. The van der Waals surface area contributed by atoms with Gasteiger partial charge in [-0.1, -0.05) is 6.92 Å². The summed E-state index contributed by atoms with van der Waals surface area (Å²) in [5.41, 5.74) is 6.28. The van der Waals surface area contributed by atoms with Gasteiger partial charge in [0, 0.05) is 24.2 Å². The third-order valence-electron chi connectivity index (χ3n) is 3.78. The molecule has 0 aliphatic heterocycles. The standard InChI is InChI=1S/C14H22F2N2/c1-5-14(2,3)18(4)13(9-17)10-6-11(15)8-12(16)7-10/h6-8,13H,5,9,17H2,1-4H3. The van der Waals surface area contributed by atoms with Crippen molar-refractivity contribution < 1.29 is 8.78 Å². The predicted octanol–water partition coefficient (Wildman–Crippen LogP) is 3.09. The summed E-state index contributed by atoms with van der Waals surface area (Å²) in [5, 5.41) is 0. The van der Waals surface area contributed by atoms with E-state index in [9.17, 15) is 8.78 Å². The third-order valence-corrected chi connectivity index (χ3v) is 3.78. The largest absolute Gasteiger partial charge is 0.329 e. The zero-order chi connectivity index (χ0) is 13.9. The van der Waals surface area contributed by atoms with Gasteiger partial charge in [0.25, 0.3) is 0 Å². The van der Waals surface area contributed by atoms with E-state index in [2.05, 4.69) is 25.7 Å². The predicted molar refractivity (Wildman–Crippen MR) is 70.3 cm³/mol. The smallest absolute Gasteiger partial charge is 0.126 e. The van der Waals surface area contributed by atoms with Gasteiger partial charge in [-0.25, -0.2) is 8.78 Å².